The Kier molecular flexibility index (Phi) is 7.45. The molecule has 5 heteroatoms. The van der Waals surface area contributed by atoms with Crippen LogP contribution in [0.15, 0.2) is 12.2 Å². The van der Waals surface area contributed by atoms with Gasteiger partial charge in [-0.05, 0) is 25.5 Å². The Bertz CT molecular complexity index is 245. The summed E-state index contributed by atoms with van der Waals surface area (Å²) in [5.74, 6) is -0.326. The minimum Gasteiger partial charge on any atom is -0.480 e. The highest BCUT2D eigenvalue weighted by atomic mass is 32.2. The lowest BCUT2D eigenvalue weighted by molar-refractivity contribution is -0.143. The second-order valence-corrected chi connectivity index (χ2v) is 4.77. The second kappa shape index (κ2) is 7.70. The van der Waals surface area contributed by atoms with Gasteiger partial charge in [0.15, 0.2) is 0 Å². The second-order valence-electron chi connectivity index (χ2n) is 3.78. The molecular weight excluding hydrogens is 226 g/mol. The number of thioether (sulfide) groups is 1. The molecule has 0 unspecified atom stereocenters. The van der Waals surface area contributed by atoms with Crippen LogP contribution in [0.3, 0.4) is 0 Å². The number of aliphatic hydroxyl groups excluding tert-OH is 1. The summed E-state index contributed by atoms with van der Waals surface area (Å²) >= 11 is 1.71. The van der Waals surface area contributed by atoms with Crippen molar-refractivity contribution >= 4 is 17.7 Å². The molecule has 4 nitrogen and oxygen atoms in total. The lowest BCUT2D eigenvalue weighted by atomic mass is 9.90. The molecule has 0 fully saturated rings. The molecule has 0 saturated carbocycles. The normalized spacial score (nSPS) is 16.5. The van der Waals surface area contributed by atoms with Gasteiger partial charge >= 0.3 is 5.97 Å². The highest BCUT2D eigenvalue weighted by molar-refractivity contribution is 7.98. The van der Waals surface area contributed by atoms with Crippen molar-refractivity contribution in [2.75, 3.05) is 19.1 Å². The van der Waals surface area contributed by atoms with Gasteiger partial charge in [0.05, 0.1) is 6.10 Å². The molecule has 0 aromatic heterocycles. The van der Waals surface area contributed by atoms with Crippen LogP contribution in [0.1, 0.15) is 13.3 Å². The van der Waals surface area contributed by atoms with Crippen molar-refractivity contribution in [1.82, 2.24) is 5.32 Å². The maximum absolute atomic E-state index is 10.9. The molecule has 3 atom stereocenters. The molecule has 0 aliphatic rings. The number of carboxylic acids is 1. The fourth-order valence-corrected chi connectivity index (χ4v) is 1.90. The third-order valence-electron chi connectivity index (χ3n) is 2.70. The van der Waals surface area contributed by atoms with E-state index in [2.05, 4.69) is 11.9 Å². The summed E-state index contributed by atoms with van der Waals surface area (Å²) in [5, 5.41) is 21.4. The van der Waals surface area contributed by atoms with Crippen molar-refractivity contribution in [2.24, 2.45) is 5.92 Å². The highest BCUT2D eigenvalue weighted by Crippen LogP contribution is 2.20. The molecule has 16 heavy (non-hydrogen) atoms. The van der Waals surface area contributed by atoms with Crippen molar-refractivity contribution in [2.45, 2.75) is 25.5 Å². The number of hydrogen-bond donors (Lipinski definition) is 3. The Morgan fingerprint density at radius 2 is 2.12 bits per heavy atom. The molecule has 0 aromatic carbocycles. The van der Waals surface area contributed by atoms with Crippen LogP contribution in [0, 0.1) is 5.92 Å². The number of aliphatic carboxylic acids is 1. The Morgan fingerprint density at radius 1 is 1.56 bits per heavy atom. The summed E-state index contributed by atoms with van der Waals surface area (Å²) in [6.45, 7) is 5.70. The SMILES string of the molecule is C=C(CCSC)[C@@H](C)[C@@H](O)[C@H](NC)C(=O)O. The van der Waals surface area contributed by atoms with Crippen molar-refractivity contribution in [1.29, 1.82) is 0 Å². The monoisotopic (exact) mass is 247 g/mol. The van der Waals surface area contributed by atoms with E-state index in [1.54, 1.807) is 18.7 Å². The molecule has 0 heterocycles. The van der Waals surface area contributed by atoms with Crippen LogP contribution >= 0.6 is 11.8 Å². The quantitative estimate of drug-likeness (QED) is 0.558. The number of carboxylic acid groups (broad SMARTS) is 1. The van der Waals surface area contributed by atoms with E-state index >= 15 is 0 Å². The topological polar surface area (TPSA) is 69.6 Å². The predicted molar refractivity (Wildman–Crippen MR) is 67.8 cm³/mol. The molecule has 0 saturated heterocycles. The molecule has 0 aliphatic carbocycles. The van der Waals surface area contributed by atoms with E-state index in [1.807, 2.05) is 6.26 Å². The van der Waals surface area contributed by atoms with Gasteiger partial charge in [-0.15, -0.1) is 0 Å². The average Bonchev–Trinajstić information content (AvgIpc) is 2.24. The van der Waals surface area contributed by atoms with Gasteiger partial charge in [-0.2, -0.15) is 11.8 Å². The Hall–Kier alpha value is -0.520. The van der Waals surface area contributed by atoms with Crippen LogP contribution in [-0.4, -0.2) is 47.4 Å². The Balaban J connectivity index is 4.40. The first-order valence-electron chi connectivity index (χ1n) is 5.20. The van der Waals surface area contributed by atoms with Gasteiger partial charge in [-0.3, -0.25) is 4.79 Å². The third-order valence-corrected chi connectivity index (χ3v) is 3.31. The summed E-state index contributed by atoms with van der Waals surface area (Å²) in [7, 11) is 1.53. The number of nitrogens with one attached hydrogen (secondary N) is 1. The number of hydrogen-bond acceptors (Lipinski definition) is 4. The lowest BCUT2D eigenvalue weighted by Crippen LogP contribution is -2.47. The molecule has 0 bridgehead atoms. The molecule has 94 valence electrons. The first kappa shape index (κ1) is 15.5. The van der Waals surface area contributed by atoms with Gasteiger partial charge in [-0.1, -0.05) is 19.1 Å². The Labute approximate surface area is 101 Å². The molecule has 0 amide bonds. The van der Waals surface area contributed by atoms with E-state index < -0.39 is 18.1 Å². The lowest BCUT2D eigenvalue weighted by Gasteiger charge is -2.26. The van der Waals surface area contributed by atoms with E-state index in [4.69, 9.17) is 5.11 Å². The maximum atomic E-state index is 10.9. The van der Waals surface area contributed by atoms with Crippen LogP contribution in [0.5, 0.6) is 0 Å². The first-order chi connectivity index (χ1) is 7.45. The van der Waals surface area contributed by atoms with Gasteiger partial charge in [0.2, 0.25) is 0 Å². The van der Waals surface area contributed by atoms with Gasteiger partial charge in [0.25, 0.3) is 0 Å². The van der Waals surface area contributed by atoms with E-state index in [-0.39, 0.29) is 5.92 Å². The Morgan fingerprint density at radius 3 is 2.50 bits per heavy atom. The summed E-state index contributed by atoms with van der Waals surface area (Å²) in [4.78, 5) is 10.9. The van der Waals surface area contributed by atoms with Crippen molar-refractivity contribution < 1.29 is 15.0 Å². The van der Waals surface area contributed by atoms with Gasteiger partial charge in [-0.25, -0.2) is 0 Å². The standard InChI is InChI=1S/C11H21NO3S/c1-7(5-6-16-4)8(2)10(13)9(12-3)11(14)15/h8-10,12-13H,1,5-6H2,2-4H3,(H,14,15)/t8-,9+,10-/m1/s1. The fourth-order valence-electron chi connectivity index (χ4n) is 1.43. The van der Waals surface area contributed by atoms with Crippen LogP contribution in [0.4, 0.5) is 0 Å². The molecule has 0 radical (unpaired) electrons. The zero-order chi connectivity index (χ0) is 12.7. The minimum atomic E-state index is -1.04. The van der Waals surface area contributed by atoms with Crippen LogP contribution in [-0.2, 0) is 4.79 Å². The number of rotatable bonds is 8. The van der Waals surface area contributed by atoms with E-state index in [1.165, 1.54) is 7.05 Å². The molecule has 3 N–H and O–H groups in total. The summed E-state index contributed by atoms with van der Waals surface area (Å²) < 4.78 is 0. The van der Waals surface area contributed by atoms with Crippen molar-refractivity contribution in [3.63, 3.8) is 0 Å². The van der Waals surface area contributed by atoms with Crippen LogP contribution in [0.25, 0.3) is 0 Å². The summed E-state index contributed by atoms with van der Waals surface area (Å²) in [6.07, 6.45) is 1.86. The van der Waals surface area contributed by atoms with Gasteiger partial charge in [0.1, 0.15) is 6.04 Å². The first-order valence-corrected chi connectivity index (χ1v) is 6.59. The van der Waals surface area contributed by atoms with Crippen molar-refractivity contribution in [3.8, 4) is 0 Å². The summed E-state index contributed by atoms with van der Waals surface area (Å²) in [5.41, 5.74) is 0.892. The van der Waals surface area contributed by atoms with Gasteiger partial charge in [0, 0.05) is 5.92 Å². The average molecular weight is 247 g/mol. The van der Waals surface area contributed by atoms with E-state index in [0.717, 1.165) is 17.7 Å². The van der Waals surface area contributed by atoms with E-state index in [9.17, 15) is 9.90 Å². The zero-order valence-electron chi connectivity index (χ0n) is 10.1. The van der Waals surface area contributed by atoms with Crippen LogP contribution < -0.4 is 5.32 Å². The molecule has 0 aromatic rings. The van der Waals surface area contributed by atoms with Gasteiger partial charge < -0.3 is 15.5 Å². The predicted octanol–water partition coefficient (Wildman–Crippen LogP) is 0.965. The largest absolute Gasteiger partial charge is 0.480 e. The van der Waals surface area contributed by atoms with Crippen LogP contribution in [0.2, 0.25) is 0 Å². The molecule has 0 spiro atoms. The number of carbonyl (C=O) groups is 1. The molecule has 0 rings (SSSR count). The molecular formula is C11H21NO3S. The maximum Gasteiger partial charge on any atom is 0.323 e. The van der Waals surface area contributed by atoms with Crippen molar-refractivity contribution in [3.05, 3.63) is 12.2 Å². The van der Waals surface area contributed by atoms with E-state index in [0.29, 0.717) is 0 Å². The highest BCUT2D eigenvalue weighted by Gasteiger charge is 2.30. The summed E-state index contributed by atoms with van der Waals surface area (Å²) in [6, 6.07) is -0.943. The minimum absolute atomic E-state index is 0.222. The number of aliphatic hydroxyl groups is 1. The number of likely N-dealkylation sites (N-methyl/N-ethyl adjacent to an activating group) is 1. The third kappa shape index (κ3) is 4.55. The fraction of sp³-hybridized carbons (Fsp3) is 0.727. The smallest absolute Gasteiger partial charge is 0.323 e. The zero-order valence-corrected chi connectivity index (χ0v) is 10.9. The molecule has 0 aliphatic heterocycles.